The van der Waals surface area contributed by atoms with Crippen LogP contribution in [0.4, 0.5) is 0 Å². The first kappa shape index (κ1) is 6.84. The molecule has 12 heavy (non-hydrogen) atoms. The van der Waals surface area contributed by atoms with Gasteiger partial charge in [0.25, 0.3) is 0 Å². The number of rotatable bonds is 1. The highest BCUT2D eigenvalue weighted by atomic mass is 16.4. The summed E-state index contributed by atoms with van der Waals surface area (Å²) in [6, 6.07) is 1.67. The Morgan fingerprint density at radius 3 is 3.17 bits per heavy atom. The van der Waals surface area contributed by atoms with Crippen molar-refractivity contribution in [3.63, 3.8) is 0 Å². The number of H-pyrrole nitrogens is 1. The van der Waals surface area contributed by atoms with E-state index in [9.17, 15) is 4.79 Å². The van der Waals surface area contributed by atoms with Gasteiger partial charge < -0.3 is 9.52 Å². The van der Waals surface area contributed by atoms with Gasteiger partial charge in [-0.2, -0.15) is 0 Å². The van der Waals surface area contributed by atoms with E-state index in [2.05, 4.69) is 4.98 Å². The zero-order valence-corrected chi connectivity index (χ0v) is 6.07. The molecule has 0 radical (unpaired) electrons. The standard InChI is InChI=1S/C8H5NO3/c10-8(11)6-4-12-7-3-9-2-1-5(6)7/h1-4H,(H,10,11)/p+1. The smallest absolute Gasteiger partial charge is 0.339 e. The third-order valence-corrected chi connectivity index (χ3v) is 1.65. The summed E-state index contributed by atoms with van der Waals surface area (Å²) >= 11 is 0. The van der Waals surface area contributed by atoms with Gasteiger partial charge in [-0.05, 0) is 0 Å². The van der Waals surface area contributed by atoms with Crippen molar-refractivity contribution in [2.45, 2.75) is 0 Å². The lowest BCUT2D eigenvalue weighted by Gasteiger charge is -1.84. The molecule has 0 aliphatic carbocycles. The number of nitrogens with one attached hydrogen (secondary N) is 1. The molecule has 4 nitrogen and oxygen atoms in total. The van der Waals surface area contributed by atoms with E-state index >= 15 is 0 Å². The fourth-order valence-corrected chi connectivity index (χ4v) is 1.09. The van der Waals surface area contributed by atoms with E-state index in [1.807, 2.05) is 0 Å². The van der Waals surface area contributed by atoms with Gasteiger partial charge in [-0.15, -0.1) is 0 Å². The van der Waals surface area contributed by atoms with Crippen LogP contribution in [0, 0.1) is 0 Å². The predicted molar refractivity (Wildman–Crippen MR) is 39.7 cm³/mol. The largest absolute Gasteiger partial charge is 0.478 e. The molecule has 0 aromatic carbocycles. The van der Waals surface area contributed by atoms with Crippen molar-refractivity contribution in [2.75, 3.05) is 0 Å². The molecule has 0 atom stereocenters. The van der Waals surface area contributed by atoms with Crippen LogP contribution in [-0.4, -0.2) is 11.1 Å². The Morgan fingerprint density at radius 2 is 2.42 bits per heavy atom. The number of aromatic carboxylic acids is 1. The van der Waals surface area contributed by atoms with Crippen LogP contribution >= 0.6 is 0 Å². The Balaban J connectivity index is 2.79. The first-order valence-corrected chi connectivity index (χ1v) is 3.39. The number of aromatic amines is 1. The molecule has 0 aliphatic heterocycles. The topological polar surface area (TPSA) is 64.6 Å². The van der Waals surface area contributed by atoms with Crippen molar-refractivity contribution in [1.29, 1.82) is 0 Å². The quantitative estimate of drug-likeness (QED) is 0.682. The average Bonchev–Trinajstić information content (AvgIpc) is 2.47. The molecule has 0 fully saturated rings. The highest BCUT2D eigenvalue weighted by molar-refractivity contribution is 6.01. The molecule has 0 saturated carbocycles. The van der Waals surface area contributed by atoms with Crippen LogP contribution < -0.4 is 4.98 Å². The number of fused-ring (bicyclic) bond motifs is 1. The van der Waals surface area contributed by atoms with Crippen molar-refractivity contribution in [2.24, 2.45) is 0 Å². The first-order chi connectivity index (χ1) is 5.79. The van der Waals surface area contributed by atoms with Crippen LogP contribution in [0.2, 0.25) is 0 Å². The second kappa shape index (κ2) is 2.34. The average molecular weight is 164 g/mol. The number of hydrogen-bond acceptors (Lipinski definition) is 2. The minimum atomic E-state index is -0.972. The summed E-state index contributed by atoms with van der Waals surface area (Å²) in [6.07, 6.45) is 4.51. The molecule has 2 rings (SSSR count). The summed E-state index contributed by atoms with van der Waals surface area (Å²) in [6.45, 7) is 0. The second-order valence-electron chi connectivity index (χ2n) is 2.38. The number of aromatic nitrogens is 1. The summed E-state index contributed by atoms with van der Waals surface area (Å²) in [5.74, 6) is -0.972. The van der Waals surface area contributed by atoms with Crippen molar-refractivity contribution in [1.82, 2.24) is 0 Å². The summed E-state index contributed by atoms with van der Waals surface area (Å²) in [4.78, 5) is 13.4. The fourth-order valence-electron chi connectivity index (χ4n) is 1.09. The number of hydrogen-bond donors (Lipinski definition) is 1. The molecule has 0 unspecified atom stereocenters. The van der Waals surface area contributed by atoms with Gasteiger partial charge in [0, 0.05) is 11.5 Å². The normalized spacial score (nSPS) is 10.3. The molecule has 2 heterocycles. The van der Waals surface area contributed by atoms with E-state index in [1.54, 1.807) is 18.5 Å². The van der Waals surface area contributed by atoms with E-state index in [0.29, 0.717) is 11.0 Å². The Labute approximate surface area is 67.4 Å². The zero-order chi connectivity index (χ0) is 8.55. The van der Waals surface area contributed by atoms with E-state index in [1.165, 1.54) is 6.26 Å². The second-order valence-corrected chi connectivity index (χ2v) is 2.38. The van der Waals surface area contributed by atoms with Crippen LogP contribution in [0.1, 0.15) is 10.4 Å². The van der Waals surface area contributed by atoms with E-state index in [4.69, 9.17) is 9.52 Å². The van der Waals surface area contributed by atoms with Gasteiger partial charge >= 0.3 is 5.97 Å². The maximum absolute atomic E-state index is 10.6. The number of carboxylic acid groups (broad SMARTS) is 1. The van der Waals surface area contributed by atoms with E-state index in [-0.39, 0.29) is 5.56 Å². The van der Waals surface area contributed by atoms with Gasteiger partial charge in [0.2, 0.25) is 6.20 Å². The van der Waals surface area contributed by atoms with Crippen LogP contribution in [-0.2, 0) is 0 Å². The first-order valence-electron chi connectivity index (χ1n) is 3.39. The summed E-state index contributed by atoms with van der Waals surface area (Å²) in [5, 5.41) is 9.31. The molecule has 60 valence electrons. The monoisotopic (exact) mass is 164 g/mol. The highest BCUT2D eigenvalue weighted by Gasteiger charge is 2.12. The minimum absolute atomic E-state index is 0.194. The van der Waals surface area contributed by atoms with Gasteiger partial charge in [-0.3, -0.25) is 0 Å². The van der Waals surface area contributed by atoms with Crippen LogP contribution in [0.15, 0.2) is 29.1 Å². The van der Waals surface area contributed by atoms with Gasteiger partial charge in [-0.1, -0.05) is 0 Å². The van der Waals surface area contributed by atoms with Gasteiger partial charge in [0.1, 0.15) is 11.8 Å². The molecule has 0 aliphatic rings. The number of carboxylic acids is 1. The number of carbonyl (C=O) groups is 1. The molecule has 0 bridgehead atoms. The molecule has 0 amide bonds. The van der Waals surface area contributed by atoms with Gasteiger partial charge in [-0.25, -0.2) is 9.78 Å². The maximum atomic E-state index is 10.6. The fraction of sp³-hybridized carbons (Fsp3) is 0. The van der Waals surface area contributed by atoms with Crippen LogP contribution in [0.5, 0.6) is 0 Å². The summed E-state index contributed by atoms with van der Waals surface area (Å²) < 4.78 is 5.00. The molecule has 0 spiro atoms. The minimum Gasteiger partial charge on any atom is -0.478 e. The van der Waals surface area contributed by atoms with Crippen molar-refractivity contribution in [3.8, 4) is 0 Å². The molecule has 0 saturated heterocycles. The Bertz CT molecular complexity index is 433. The summed E-state index contributed by atoms with van der Waals surface area (Å²) in [7, 11) is 0. The lowest BCUT2D eigenvalue weighted by atomic mass is 10.2. The zero-order valence-electron chi connectivity index (χ0n) is 6.07. The predicted octanol–water partition coefficient (Wildman–Crippen LogP) is 0.945. The van der Waals surface area contributed by atoms with Crippen molar-refractivity contribution < 1.29 is 19.3 Å². The van der Waals surface area contributed by atoms with Gasteiger partial charge in [0.05, 0.1) is 0 Å². The maximum Gasteiger partial charge on any atom is 0.339 e. The number of pyridine rings is 1. The molecule has 2 aromatic heterocycles. The highest BCUT2D eigenvalue weighted by Crippen LogP contribution is 2.18. The van der Waals surface area contributed by atoms with Crippen LogP contribution in [0.3, 0.4) is 0 Å². The third-order valence-electron chi connectivity index (χ3n) is 1.65. The molecular weight excluding hydrogens is 158 g/mol. The van der Waals surface area contributed by atoms with E-state index in [0.717, 1.165) is 0 Å². The number of furan rings is 1. The lowest BCUT2D eigenvalue weighted by Crippen LogP contribution is -1.98. The SMILES string of the molecule is O=C(O)c1coc2c[nH+]ccc12. The third kappa shape index (κ3) is 0.852. The van der Waals surface area contributed by atoms with Crippen molar-refractivity contribution >= 4 is 16.9 Å². The Kier molecular flexibility index (Phi) is 1.33. The summed E-state index contributed by atoms with van der Waals surface area (Å²) in [5.41, 5.74) is 0.744. The van der Waals surface area contributed by atoms with Crippen molar-refractivity contribution in [3.05, 3.63) is 30.3 Å². The molecule has 2 N–H and O–H groups in total. The Hall–Kier alpha value is -1.84. The molecule has 2 aromatic rings. The Morgan fingerprint density at radius 1 is 1.58 bits per heavy atom. The lowest BCUT2D eigenvalue weighted by molar-refractivity contribution is -0.376. The van der Waals surface area contributed by atoms with E-state index < -0.39 is 5.97 Å². The van der Waals surface area contributed by atoms with Crippen LogP contribution in [0.25, 0.3) is 11.0 Å². The van der Waals surface area contributed by atoms with Gasteiger partial charge in [0.15, 0.2) is 11.8 Å². The molecular formula is C8H6NO3+. The molecule has 4 heteroatoms.